The Morgan fingerprint density at radius 3 is 2.47 bits per heavy atom. The van der Waals surface area contributed by atoms with Crippen molar-refractivity contribution in [2.45, 2.75) is 6.04 Å². The van der Waals surface area contributed by atoms with E-state index < -0.39 is 0 Å². The zero-order valence-corrected chi connectivity index (χ0v) is 13.4. The van der Waals surface area contributed by atoms with Gasteiger partial charge in [0.05, 0.1) is 18.8 Å². The van der Waals surface area contributed by atoms with Gasteiger partial charge in [-0.15, -0.1) is 0 Å². The Morgan fingerprint density at radius 2 is 1.95 bits per heavy atom. The number of hydrogen-bond donors (Lipinski definition) is 2. The van der Waals surface area contributed by atoms with Crippen molar-refractivity contribution < 1.29 is 4.74 Å². The molecule has 1 heterocycles. The number of nitrogens with one attached hydrogen (secondary N) is 1. The number of pyridine rings is 1. The molecule has 1 atom stereocenters. The average Bonchev–Trinajstić information content (AvgIpc) is 2.42. The molecule has 0 aliphatic rings. The summed E-state index contributed by atoms with van der Waals surface area (Å²) in [5.74, 6) is 6.47. The van der Waals surface area contributed by atoms with Gasteiger partial charge in [0.1, 0.15) is 5.75 Å². The zero-order valence-electron chi connectivity index (χ0n) is 10.2. The van der Waals surface area contributed by atoms with Crippen molar-refractivity contribution in [3.63, 3.8) is 0 Å². The van der Waals surface area contributed by atoms with Crippen LogP contribution in [0.15, 0.2) is 45.5 Å². The molecule has 3 N–H and O–H groups in total. The van der Waals surface area contributed by atoms with Gasteiger partial charge in [0.2, 0.25) is 0 Å². The molecular weight excluding hydrogens is 374 g/mol. The van der Waals surface area contributed by atoms with Crippen molar-refractivity contribution in [1.82, 2.24) is 10.4 Å². The third-order valence-corrected chi connectivity index (χ3v) is 3.79. The molecule has 2 aromatic rings. The highest BCUT2D eigenvalue weighted by molar-refractivity contribution is 9.11. The molecular formula is C13H13Br2N3O. The number of hydrazine groups is 1. The summed E-state index contributed by atoms with van der Waals surface area (Å²) in [6.07, 6.45) is 1.74. The van der Waals surface area contributed by atoms with Gasteiger partial charge in [0.15, 0.2) is 0 Å². The molecule has 19 heavy (non-hydrogen) atoms. The highest BCUT2D eigenvalue weighted by atomic mass is 79.9. The lowest BCUT2D eigenvalue weighted by atomic mass is 10.0. The Labute approximate surface area is 128 Å². The molecule has 0 saturated carbocycles. The zero-order chi connectivity index (χ0) is 13.8. The van der Waals surface area contributed by atoms with Crippen LogP contribution in [0.4, 0.5) is 0 Å². The van der Waals surface area contributed by atoms with Crippen molar-refractivity contribution in [3.8, 4) is 5.75 Å². The van der Waals surface area contributed by atoms with Gasteiger partial charge in [0.25, 0.3) is 0 Å². The van der Waals surface area contributed by atoms with Crippen LogP contribution >= 0.6 is 31.9 Å². The maximum Gasteiger partial charge on any atom is 0.118 e. The van der Waals surface area contributed by atoms with Crippen LogP contribution in [0.25, 0.3) is 0 Å². The van der Waals surface area contributed by atoms with Crippen molar-refractivity contribution in [1.29, 1.82) is 0 Å². The minimum absolute atomic E-state index is 0.187. The molecule has 100 valence electrons. The SMILES string of the molecule is COc1ccc(C(NN)c2ncc(Br)cc2Br)cc1. The molecule has 0 aliphatic carbocycles. The lowest BCUT2D eigenvalue weighted by molar-refractivity contribution is 0.414. The van der Waals surface area contributed by atoms with Gasteiger partial charge < -0.3 is 4.74 Å². The number of halogens is 2. The number of nitrogens with two attached hydrogens (primary N) is 1. The second kappa shape index (κ2) is 6.47. The fourth-order valence-electron chi connectivity index (χ4n) is 1.77. The van der Waals surface area contributed by atoms with E-state index >= 15 is 0 Å². The number of ether oxygens (including phenoxy) is 1. The van der Waals surface area contributed by atoms with E-state index in [2.05, 4.69) is 42.3 Å². The molecule has 0 saturated heterocycles. The van der Waals surface area contributed by atoms with Gasteiger partial charge in [-0.05, 0) is 55.6 Å². The van der Waals surface area contributed by atoms with E-state index in [4.69, 9.17) is 10.6 Å². The molecule has 0 amide bonds. The van der Waals surface area contributed by atoms with E-state index in [0.29, 0.717) is 0 Å². The molecule has 0 spiro atoms. The third kappa shape index (κ3) is 3.33. The van der Waals surface area contributed by atoms with Crippen LogP contribution < -0.4 is 16.0 Å². The van der Waals surface area contributed by atoms with Gasteiger partial charge >= 0.3 is 0 Å². The lowest BCUT2D eigenvalue weighted by Crippen LogP contribution is -2.29. The van der Waals surface area contributed by atoms with Crippen molar-refractivity contribution in [2.75, 3.05) is 7.11 Å². The normalized spacial score (nSPS) is 12.2. The molecule has 2 rings (SSSR count). The van der Waals surface area contributed by atoms with E-state index in [0.717, 1.165) is 26.0 Å². The van der Waals surface area contributed by atoms with Crippen LogP contribution in [0.2, 0.25) is 0 Å². The first kappa shape index (κ1) is 14.5. The third-order valence-electron chi connectivity index (χ3n) is 2.73. The molecule has 0 bridgehead atoms. The van der Waals surface area contributed by atoms with Crippen molar-refractivity contribution in [3.05, 3.63) is 56.7 Å². The van der Waals surface area contributed by atoms with Gasteiger partial charge in [-0.25, -0.2) is 5.43 Å². The Morgan fingerprint density at radius 1 is 1.26 bits per heavy atom. The molecule has 1 aromatic heterocycles. The molecule has 1 unspecified atom stereocenters. The molecule has 4 nitrogen and oxygen atoms in total. The Balaban J connectivity index is 2.37. The summed E-state index contributed by atoms with van der Waals surface area (Å²) < 4.78 is 6.95. The summed E-state index contributed by atoms with van der Waals surface area (Å²) in [4.78, 5) is 4.40. The summed E-state index contributed by atoms with van der Waals surface area (Å²) in [5.41, 5.74) is 4.63. The first-order valence-corrected chi connectivity index (χ1v) is 7.15. The highest BCUT2D eigenvalue weighted by Gasteiger charge is 2.17. The fourth-order valence-corrected chi connectivity index (χ4v) is 2.98. The monoisotopic (exact) mass is 385 g/mol. The minimum atomic E-state index is -0.187. The lowest BCUT2D eigenvalue weighted by Gasteiger charge is -2.17. The van der Waals surface area contributed by atoms with E-state index in [1.807, 2.05) is 30.3 Å². The van der Waals surface area contributed by atoms with Gasteiger partial charge in [-0.3, -0.25) is 10.8 Å². The molecule has 0 radical (unpaired) electrons. The first-order chi connectivity index (χ1) is 9.15. The average molecular weight is 387 g/mol. The molecule has 1 aromatic carbocycles. The highest BCUT2D eigenvalue weighted by Crippen LogP contribution is 2.29. The van der Waals surface area contributed by atoms with Crippen LogP contribution in [0.5, 0.6) is 5.75 Å². The van der Waals surface area contributed by atoms with Crippen LogP contribution in [0.3, 0.4) is 0 Å². The molecule has 0 aliphatic heterocycles. The first-order valence-electron chi connectivity index (χ1n) is 5.56. The van der Waals surface area contributed by atoms with Crippen molar-refractivity contribution >= 4 is 31.9 Å². The topological polar surface area (TPSA) is 60.2 Å². The number of aromatic nitrogens is 1. The Kier molecular flexibility index (Phi) is 4.93. The van der Waals surface area contributed by atoms with Crippen LogP contribution in [-0.2, 0) is 0 Å². The van der Waals surface area contributed by atoms with Crippen LogP contribution in [0, 0.1) is 0 Å². The smallest absolute Gasteiger partial charge is 0.118 e. The van der Waals surface area contributed by atoms with Crippen LogP contribution in [0.1, 0.15) is 17.3 Å². The summed E-state index contributed by atoms with van der Waals surface area (Å²) >= 11 is 6.88. The van der Waals surface area contributed by atoms with E-state index in [1.54, 1.807) is 13.3 Å². The number of methoxy groups -OCH3 is 1. The standard InChI is InChI=1S/C13H13Br2N3O/c1-19-10-4-2-8(3-5-10)12(18-16)13-11(15)6-9(14)7-17-13/h2-7,12,18H,16H2,1H3. The summed E-state index contributed by atoms with van der Waals surface area (Å²) in [7, 11) is 1.64. The number of benzene rings is 1. The molecule has 6 heteroatoms. The number of nitrogens with zero attached hydrogens (tertiary/aromatic N) is 1. The quantitative estimate of drug-likeness (QED) is 0.625. The Hall–Kier alpha value is -0.950. The predicted molar refractivity (Wildman–Crippen MR) is 81.8 cm³/mol. The minimum Gasteiger partial charge on any atom is -0.497 e. The predicted octanol–water partition coefficient (Wildman–Crippen LogP) is 3.17. The van der Waals surface area contributed by atoms with E-state index in [9.17, 15) is 0 Å². The Bertz CT molecular complexity index is 560. The largest absolute Gasteiger partial charge is 0.497 e. The van der Waals surface area contributed by atoms with Crippen LogP contribution in [-0.4, -0.2) is 12.1 Å². The maximum atomic E-state index is 5.66. The van der Waals surface area contributed by atoms with Gasteiger partial charge in [0, 0.05) is 15.1 Å². The maximum absolute atomic E-state index is 5.66. The van der Waals surface area contributed by atoms with Gasteiger partial charge in [-0.1, -0.05) is 12.1 Å². The summed E-state index contributed by atoms with van der Waals surface area (Å²) in [6.45, 7) is 0. The van der Waals surface area contributed by atoms with Gasteiger partial charge in [-0.2, -0.15) is 0 Å². The second-order valence-corrected chi connectivity index (χ2v) is 5.66. The second-order valence-electron chi connectivity index (χ2n) is 3.89. The van der Waals surface area contributed by atoms with Crippen molar-refractivity contribution in [2.24, 2.45) is 5.84 Å². The van der Waals surface area contributed by atoms with E-state index in [1.165, 1.54) is 0 Å². The summed E-state index contributed by atoms with van der Waals surface area (Å²) in [6, 6.07) is 9.46. The van der Waals surface area contributed by atoms with E-state index in [-0.39, 0.29) is 6.04 Å². The number of hydrogen-bond acceptors (Lipinski definition) is 4. The fraction of sp³-hybridized carbons (Fsp3) is 0.154. The number of rotatable bonds is 4. The summed E-state index contributed by atoms with van der Waals surface area (Å²) in [5, 5.41) is 0. The molecule has 0 fully saturated rings.